The number of nitrogens with two attached hydrogens (primary N) is 1. The van der Waals surface area contributed by atoms with Crippen LogP contribution in [0.1, 0.15) is 32.8 Å². The van der Waals surface area contributed by atoms with Gasteiger partial charge in [-0.2, -0.15) is 4.31 Å². The maximum atomic E-state index is 12.6. The summed E-state index contributed by atoms with van der Waals surface area (Å²) >= 11 is 0. The Labute approximate surface area is 122 Å². The Morgan fingerprint density at radius 3 is 2.35 bits per heavy atom. The van der Waals surface area contributed by atoms with Crippen molar-refractivity contribution in [2.24, 2.45) is 11.7 Å². The van der Waals surface area contributed by atoms with E-state index in [1.54, 1.807) is 12.1 Å². The molecule has 1 aromatic carbocycles. The number of sulfonamides is 1. The summed E-state index contributed by atoms with van der Waals surface area (Å²) in [6, 6.07) is 7.05. The quantitative estimate of drug-likeness (QED) is 0.924. The van der Waals surface area contributed by atoms with Crippen LogP contribution < -0.4 is 5.73 Å². The van der Waals surface area contributed by atoms with E-state index in [1.807, 2.05) is 19.1 Å². The fourth-order valence-corrected chi connectivity index (χ4v) is 4.37. The molecule has 0 spiro atoms. The molecule has 2 atom stereocenters. The predicted molar refractivity (Wildman–Crippen MR) is 80.9 cm³/mol. The lowest BCUT2D eigenvalue weighted by molar-refractivity contribution is 0.393. The molecule has 1 aromatic rings. The molecule has 0 saturated carbocycles. The lowest BCUT2D eigenvalue weighted by Gasteiger charge is -2.22. The summed E-state index contributed by atoms with van der Waals surface area (Å²) in [6.45, 7) is 6.69. The number of hydrogen-bond donors (Lipinski definition) is 1. The molecule has 4 nitrogen and oxygen atoms in total. The average Bonchev–Trinajstić information content (AvgIpc) is 2.70. The van der Waals surface area contributed by atoms with Gasteiger partial charge >= 0.3 is 0 Å². The van der Waals surface area contributed by atoms with Crippen LogP contribution in [-0.4, -0.2) is 31.4 Å². The number of nitrogens with zero attached hydrogens (tertiary/aromatic N) is 1. The number of hydrogen-bond acceptors (Lipinski definition) is 3. The van der Waals surface area contributed by atoms with Gasteiger partial charge in [0.15, 0.2) is 0 Å². The second-order valence-corrected chi connectivity index (χ2v) is 7.94. The fraction of sp³-hybridized carbons (Fsp3) is 0.600. The first-order chi connectivity index (χ1) is 9.32. The zero-order valence-electron chi connectivity index (χ0n) is 12.4. The molecule has 2 rings (SSSR count). The standard InChI is InChI=1S/C15H24N2O2S/c1-11(2)10-13-4-6-14(7-5-13)20(18,19)17-9-8-15(16)12(17)3/h4-7,11-12,15H,8-10,16H2,1-3H3. The summed E-state index contributed by atoms with van der Waals surface area (Å²) in [6.07, 6.45) is 1.69. The zero-order chi connectivity index (χ0) is 14.9. The van der Waals surface area contributed by atoms with Crippen molar-refractivity contribution in [2.75, 3.05) is 6.54 Å². The Kier molecular flexibility index (Phi) is 4.52. The smallest absolute Gasteiger partial charge is 0.243 e. The highest BCUT2D eigenvalue weighted by atomic mass is 32.2. The molecule has 112 valence electrons. The first kappa shape index (κ1) is 15.5. The minimum atomic E-state index is -3.41. The van der Waals surface area contributed by atoms with Gasteiger partial charge in [0, 0.05) is 18.6 Å². The summed E-state index contributed by atoms with van der Waals surface area (Å²) < 4.78 is 26.7. The van der Waals surface area contributed by atoms with Crippen LogP contribution in [-0.2, 0) is 16.4 Å². The second-order valence-electron chi connectivity index (χ2n) is 6.05. The summed E-state index contributed by atoms with van der Waals surface area (Å²) in [7, 11) is -3.41. The Hall–Kier alpha value is -0.910. The SMILES string of the molecule is CC(C)Cc1ccc(S(=O)(=O)N2CCC(N)C2C)cc1. The van der Waals surface area contributed by atoms with Gasteiger partial charge in [0.25, 0.3) is 0 Å². The van der Waals surface area contributed by atoms with E-state index in [-0.39, 0.29) is 12.1 Å². The van der Waals surface area contributed by atoms with Crippen molar-refractivity contribution in [3.05, 3.63) is 29.8 Å². The van der Waals surface area contributed by atoms with E-state index in [1.165, 1.54) is 9.87 Å². The molecule has 20 heavy (non-hydrogen) atoms. The lowest BCUT2D eigenvalue weighted by atomic mass is 10.0. The van der Waals surface area contributed by atoms with E-state index >= 15 is 0 Å². The Balaban J connectivity index is 2.22. The molecule has 1 saturated heterocycles. The zero-order valence-corrected chi connectivity index (χ0v) is 13.2. The van der Waals surface area contributed by atoms with Crippen LogP contribution in [0.2, 0.25) is 0 Å². The van der Waals surface area contributed by atoms with Gasteiger partial charge < -0.3 is 5.73 Å². The van der Waals surface area contributed by atoms with E-state index in [4.69, 9.17) is 5.73 Å². The van der Waals surface area contributed by atoms with Crippen LogP contribution in [0.3, 0.4) is 0 Å². The molecule has 1 aliphatic rings. The molecule has 2 N–H and O–H groups in total. The van der Waals surface area contributed by atoms with E-state index in [9.17, 15) is 8.42 Å². The van der Waals surface area contributed by atoms with Gasteiger partial charge in [-0.3, -0.25) is 0 Å². The van der Waals surface area contributed by atoms with E-state index < -0.39 is 10.0 Å². The van der Waals surface area contributed by atoms with Crippen molar-refractivity contribution in [3.8, 4) is 0 Å². The molecule has 2 unspecified atom stereocenters. The number of benzene rings is 1. The minimum Gasteiger partial charge on any atom is -0.326 e. The largest absolute Gasteiger partial charge is 0.326 e. The topological polar surface area (TPSA) is 63.4 Å². The Morgan fingerprint density at radius 1 is 1.30 bits per heavy atom. The highest BCUT2D eigenvalue weighted by Crippen LogP contribution is 2.25. The molecule has 1 fully saturated rings. The molecule has 0 amide bonds. The minimum absolute atomic E-state index is 0.0648. The molecular weight excluding hydrogens is 272 g/mol. The van der Waals surface area contributed by atoms with Gasteiger partial charge in [-0.15, -0.1) is 0 Å². The van der Waals surface area contributed by atoms with Crippen molar-refractivity contribution in [1.29, 1.82) is 0 Å². The highest BCUT2D eigenvalue weighted by Gasteiger charge is 2.37. The Morgan fingerprint density at radius 2 is 1.90 bits per heavy atom. The highest BCUT2D eigenvalue weighted by molar-refractivity contribution is 7.89. The molecule has 0 radical (unpaired) electrons. The van der Waals surface area contributed by atoms with Crippen molar-refractivity contribution < 1.29 is 8.42 Å². The third-order valence-corrected chi connectivity index (χ3v) is 5.93. The monoisotopic (exact) mass is 296 g/mol. The normalized spacial score (nSPS) is 24.4. The van der Waals surface area contributed by atoms with Crippen molar-refractivity contribution >= 4 is 10.0 Å². The molecule has 5 heteroatoms. The van der Waals surface area contributed by atoms with Crippen molar-refractivity contribution in [1.82, 2.24) is 4.31 Å². The fourth-order valence-electron chi connectivity index (χ4n) is 2.68. The summed E-state index contributed by atoms with van der Waals surface area (Å²) in [5.74, 6) is 0.564. The third-order valence-electron chi connectivity index (χ3n) is 3.93. The summed E-state index contributed by atoms with van der Waals surface area (Å²) in [4.78, 5) is 0.367. The number of rotatable bonds is 4. The van der Waals surface area contributed by atoms with Gasteiger partial charge in [-0.05, 0) is 43.4 Å². The average molecular weight is 296 g/mol. The van der Waals surface area contributed by atoms with E-state index in [0.717, 1.165) is 12.8 Å². The van der Waals surface area contributed by atoms with Gasteiger partial charge in [-0.1, -0.05) is 26.0 Å². The maximum Gasteiger partial charge on any atom is 0.243 e. The van der Waals surface area contributed by atoms with Crippen LogP contribution in [0, 0.1) is 5.92 Å². The van der Waals surface area contributed by atoms with Gasteiger partial charge in [-0.25, -0.2) is 8.42 Å². The molecule has 0 bridgehead atoms. The first-order valence-corrected chi connectivity index (χ1v) is 8.62. The van der Waals surface area contributed by atoms with Gasteiger partial charge in [0.2, 0.25) is 10.0 Å². The van der Waals surface area contributed by atoms with E-state index in [0.29, 0.717) is 17.4 Å². The van der Waals surface area contributed by atoms with Crippen LogP contribution in [0.5, 0.6) is 0 Å². The van der Waals surface area contributed by atoms with Crippen molar-refractivity contribution in [3.63, 3.8) is 0 Å². The maximum absolute atomic E-state index is 12.6. The van der Waals surface area contributed by atoms with Crippen LogP contribution in [0.4, 0.5) is 0 Å². The molecule has 0 aromatic heterocycles. The first-order valence-electron chi connectivity index (χ1n) is 7.18. The third kappa shape index (κ3) is 3.05. The molecule has 0 aliphatic carbocycles. The molecular formula is C15H24N2O2S. The van der Waals surface area contributed by atoms with Crippen LogP contribution in [0.15, 0.2) is 29.2 Å². The predicted octanol–water partition coefficient (Wildman–Crippen LogP) is 2.00. The molecule has 1 aliphatic heterocycles. The van der Waals surface area contributed by atoms with Crippen LogP contribution >= 0.6 is 0 Å². The summed E-state index contributed by atoms with van der Waals surface area (Å²) in [5.41, 5.74) is 7.09. The van der Waals surface area contributed by atoms with Gasteiger partial charge in [0.1, 0.15) is 0 Å². The van der Waals surface area contributed by atoms with Gasteiger partial charge in [0.05, 0.1) is 4.90 Å². The second kappa shape index (κ2) is 5.84. The lowest BCUT2D eigenvalue weighted by Crippen LogP contribution is -2.40. The summed E-state index contributed by atoms with van der Waals surface area (Å²) in [5, 5.41) is 0. The molecule has 1 heterocycles. The Bertz CT molecular complexity index is 552. The van der Waals surface area contributed by atoms with E-state index in [2.05, 4.69) is 13.8 Å². The van der Waals surface area contributed by atoms with Crippen molar-refractivity contribution in [2.45, 2.75) is 50.6 Å². The van der Waals surface area contributed by atoms with Crippen LogP contribution in [0.25, 0.3) is 0 Å².